The Morgan fingerprint density at radius 1 is 1.60 bits per heavy atom. The zero-order chi connectivity index (χ0) is 8.15. The summed E-state index contributed by atoms with van der Waals surface area (Å²) in [5.74, 6) is -0.927. The zero-order valence-corrected chi connectivity index (χ0v) is 6.79. The van der Waals surface area contributed by atoms with Crippen molar-refractivity contribution in [3.63, 3.8) is 0 Å². The van der Waals surface area contributed by atoms with Crippen molar-refractivity contribution in [2.75, 3.05) is 20.6 Å². The van der Waals surface area contributed by atoms with Gasteiger partial charge in [-0.3, -0.25) is 4.79 Å². The maximum Gasteiger partial charge on any atom is 0.306 e. The van der Waals surface area contributed by atoms with Gasteiger partial charge in [-0.2, -0.15) is 0 Å². The van der Waals surface area contributed by atoms with Crippen molar-refractivity contribution in [3.8, 4) is 0 Å². The molecular formula is C7H15NO2. The van der Waals surface area contributed by atoms with Crippen molar-refractivity contribution in [1.82, 2.24) is 4.90 Å². The van der Waals surface area contributed by atoms with Gasteiger partial charge in [0.15, 0.2) is 0 Å². The molecular weight excluding hydrogens is 130 g/mol. The molecule has 0 aromatic heterocycles. The van der Waals surface area contributed by atoms with Gasteiger partial charge in [0, 0.05) is 0 Å². The summed E-state index contributed by atoms with van der Waals surface area (Å²) in [6.45, 7) is 2.57. The molecule has 0 aromatic carbocycles. The first kappa shape index (κ1) is 9.43. The molecule has 0 aromatic rings. The van der Waals surface area contributed by atoms with Gasteiger partial charge >= 0.3 is 5.97 Å². The lowest BCUT2D eigenvalue weighted by Gasteiger charge is -2.10. The van der Waals surface area contributed by atoms with Crippen LogP contribution in [0.3, 0.4) is 0 Å². The minimum Gasteiger partial charge on any atom is -0.481 e. The lowest BCUT2D eigenvalue weighted by atomic mass is 10.1. The number of aliphatic carboxylic acids is 1. The summed E-state index contributed by atoms with van der Waals surface area (Å²) in [5, 5.41) is 8.48. The fourth-order valence-corrected chi connectivity index (χ4v) is 0.575. The number of hydrogen-bond acceptors (Lipinski definition) is 2. The van der Waals surface area contributed by atoms with E-state index in [1.165, 1.54) is 0 Å². The third-order valence-corrected chi connectivity index (χ3v) is 1.43. The van der Waals surface area contributed by atoms with Crippen LogP contribution in [-0.4, -0.2) is 36.6 Å². The number of carboxylic acid groups (broad SMARTS) is 1. The third kappa shape index (κ3) is 4.32. The van der Waals surface area contributed by atoms with E-state index >= 15 is 0 Å². The standard InChI is InChI=1S/C7H15NO2/c1-6(7(9)10)4-5-8(2)3/h6H,4-5H2,1-3H3,(H,9,10)/t6-/m0/s1. The predicted molar refractivity (Wildman–Crippen MR) is 40.0 cm³/mol. The van der Waals surface area contributed by atoms with E-state index in [9.17, 15) is 4.79 Å². The van der Waals surface area contributed by atoms with E-state index in [4.69, 9.17) is 5.11 Å². The van der Waals surface area contributed by atoms with Crippen LogP contribution in [0.4, 0.5) is 0 Å². The molecule has 3 nitrogen and oxygen atoms in total. The van der Waals surface area contributed by atoms with Gasteiger partial charge in [-0.1, -0.05) is 6.92 Å². The van der Waals surface area contributed by atoms with E-state index in [-0.39, 0.29) is 5.92 Å². The Balaban J connectivity index is 3.40. The van der Waals surface area contributed by atoms with Crippen molar-refractivity contribution in [3.05, 3.63) is 0 Å². The number of rotatable bonds is 4. The molecule has 0 aliphatic carbocycles. The van der Waals surface area contributed by atoms with Crippen LogP contribution < -0.4 is 0 Å². The first-order valence-corrected chi connectivity index (χ1v) is 3.41. The molecule has 0 amide bonds. The monoisotopic (exact) mass is 145 g/mol. The van der Waals surface area contributed by atoms with E-state index in [0.717, 1.165) is 13.0 Å². The van der Waals surface area contributed by atoms with Crippen LogP contribution in [-0.2, 0) is 4.79 Å². The normalized spacial score (nSPS) is 13.6. The highest BCUT2D eigenvalue weighted by molar-refractivity contribution is 5.69. The largest absolute Gasteiger partial charge is 0.481 e. The lowest BCUT2D eigenvalue weighted by molar-refractivity contribution is -0.141. The average Bonchev–Trinajstić information content (AvgIpc) is 1.82. The summed E-state index contributed by atoms with van der Waals surface area (Å²) in [6.07, 6.45) is 0.725. The van der Waals surface area contributed by atoms with Crippen LogP contribution in [0.2, 0.25) is 0 Å². The molecule has 0 fully saturated rings. The molecule has 0 rings (SSSR count). The number of carboxylic acids is 1. The van der Waals surface area contributed by atoms with Gasteiger partial charge in [0.2, 0.25) is 0 Å². The van der Waals surface area contributed by atoms with Crippen LogP contribution in [0.5, 0.6) is 0 Å². The zero-order valence-electron chi connectivity index (χ0n) is 6.79. The number of hydrogen-bond donors (Lipinski definition) is 1. The van der Waals surface area contributed by atoms with E-state index in [1.807, 2.05) is 19.0 Å². The number of nitrogens with zero attached hydrogens (tertiary/aromatic N) is 1. The molecule has 10 heavy (non-hydrogen) atoms. The summed E-state index contributed by atoms with van der Waals surface area (Å²) in [4.78, 5) is 12.3. The second-order valence-electron chi connectivity index (χ2n) is 2.83. The summed E-state index contributed by atoms with van der Waals surface area (Å²) < 4.78 is 0. The lowest BCUT2D eigenvalue weighted by Crippen LogP contribution is -2.19. The molecule has 1 N–H and O–H groups in total. The van der Waals surface area contributed by atoms with Crippen LogP contribution in [0.15, 0.2) is 0 Å². The Kier molecular flexibility index (Phi) is 4.03. The first-order chi connectivity index (χ1) is 4.54. The van der Waals surface area contributed by atoms with Gasteiger partial charge in [0.05, 0.1) is 5.92 Å². The Morgan fingerprint density at radius 3 is 2.40 bits per heavy atom. The minimum absolute atomic E-state index is 0.220. The summed E-state index contributed by atoms with van der Waals surface area (Å²) in [7, 11) is 3.88. The van der Waals surface area contributed by atoms with Crippen molar-refractivity contribution in [1.29, 1.82) is 0 Å². The van der Waals surface area contributed by atoms with Gasteiger partial charge in [-0.15, -0.1) is 0 Å². The molecule has 3 heteroatoms. The van der Waals surface area contributed by atoms with E-state index < -0.39 is 5.97 Å². The van der Waals surface area contributed by atoms with Crippen molar-refractivity contribution < 1.29 is 9.90 Å². The Morgan fingerprint density at radius 2 is 2.10 bits per heavy atom. The Hall–Kier alpha value is -0.570. The molecule has 0 radical (unpaired) electrons. The van der Waals surface area contributed by atoms with Gasteiger partial charge in [0.1, 0.15) is 0 Å². The van der Waals surface area contributed by atoms with Gasteiger partial charge in [-0.05, 0) is 27.1 Å². The SMILES string of the molecule is C[C@@H](CCN(C)C)C(=O)O. The predicted octanol–water partition coefficient (Wildman–Crippen LogP) is 0.659. The Bertz CT molecular complexity index is 112. The second kappa shape index (κ2) is 4.28. The molecule has 1 atom stereocenters. The molecule has 0 saturated carbocycles. The van der Waals surface area contributed by atoms with E-state index in [1.54, 1.807) is 6.92 Å². The third-order valence-electron chi connectivity index (χ3n) is 1.43. The van der Waals surface area contributed by atoms with Gasteiger partial charge < -0.3 is 10.0 Å². The maximum atomic E-state index is 10.3. The van der Waals surface area contributed by atoms with Crippen LogP contribution in [0, 0.1) is 5.92 Å². The smallest absolute Gasteiger partial charge is 0.306 e. The highest BCUT2D eigenvalue weighted by Crippen LogP contribution is 2.01. The maximum absolute atomic E-state index is 10.3. The highest BCUT2D eigenvalue weighted by atomic mass is 16.4. The van der Waals surface area contributed by atoms with Crippen LogP contribution >= 0.6 is 0 Å². The molecule has 0 heterocycles. The minimum atomic E-state index is -0.707. The molecule has 60 valence electrons. The van der Waals surface area contributed by atoms with Crippen molar-refractivity contribution in [2.24, 2.45) is 5.92 Å². The highest BCUT2D eigenvalue weighted by Gasteiger charge is 2.09. The van der Waals surface area contributed by atoms with Gasteiger partial charge in [-0.25, -0.2) is 0 Å². The topological polar surface area (TPSA) is 40.5 Å². The quantitative estimate of drug-likeness (QED) is 0.631. The Labute approximate surface area is 61.6 Å². The number of carbonyl (C=O) groups is 1. The second-order valence-corrected chi connectivity index (χ2v) is 2.83. The van der Waals surface area contributed by atoms with Crippen molar-refractivity contribution >= 4 is 5.97 Å². The van der Waals surface area contributed by atoms with E-state index in [0.29, 0.717) is 0 Å². The summed E-state index contributed by atoms with van der Waals surface area (Å²) in [5.41, 5.74) is 0. The van der Waals surface area contributed by atoms with Crippen LogP contribution in [0.25, 0.3) is 0 Å². The summed E-state index contributed by atoms with van der Waals surface area (Å²) in [6, 6.07) is 0. The molecule has 0 unspecified atom stereocenters. The molecule has 0 saturated heterocycles. The van der Waals surface area contributed by atoms with Crippen LogP contribution in [0.1, 0.15) is 13.3 Å². The fourth-order valence-electron chi connectivity index (χ4n) is 0.575. The van der Waals surface area contributed by atoms with E-state index in [2.05, 4.69) is 0 Å². The fraction of sp³-hybridized carbons (Fsp3) is 0.857. The molecule has 0 aliphatic heterocycles. The average molecular weight is 145 g/mol. The van der Waals surface area contributed by atoms with Gasteiger partial charge in [0.25, 0.3) is 0 Å². The first-order valence-electron chi connectivity index (χ1n) is 3.41. The molecule has 0 bridgehead atoms. The van der Waals surface area contributed by atoms with Crippen molar-refractivity contribution in [2.45, 2.75) is 13.3 Å². The molecule has 0 spiro atoms. The molecule has 0 aliphatic rings. The summed E-state index contributed by atoms with van der Waals surface area (Å²) >= 11 is 0.